The van der Waals surface area contributed by atoms with Crippen molar-refractivity contribution >= 4 is 12.0 Å². The van der Waals surface area contributed by atoms with Crippen LogP contribution in [0.25, 0.3) is 6.08 Å². The molecule has 0 aliphatic carbocycles. The number of allylic oxidation sites excluding steroid dienone is 1. The maximum Gasteiger partial charge on any atom is 0.328 e. The molecule has 0 radical (unpaired) electrons. The van der Waals surface area contributed by atoms with Crippen LogP contribution in [-0.4, -0.2) is 44.2 Å². The van der Waals surface area contributed by atoms with Gasteiger partial charge in [-0.1, -0.05) is 27.7 Å². The van der Waals surface area contributed by atoms with Crippen molar-refractivity contribution in [3.8, 4) is 11.5 Å². The van der Waals surface area contributed by atoms with Crippen molar-refractivity contribution in [3.63, 3.8) is 0 Å². The summed E-state index contributed by atoms with van der Waals surface area (Å²) in [4.78, 5) is 15.0. The molecule has 170 valence electrons. The molecule has 6 nitrogen and oxygen atoms in total. The molecule has 0 fully saturated rings. The first kappa shape index (κ1) is 23.2. The molecule has 0 aromatic heterocycles. The quantitative estimate of drug-likeness (QED) is 0.662. The summed E-state index contributed by atoms with van der Waals surface area (Å²) < 4.78 is 16.9. The van der Waals surface area contributed by atoms with Gasteiger partial charge in [0.05, 0.1) is 14.2 Å². The van der Waals surface area contributed by atoms with Crippen LogP contribution in [0.3, 0.4) is 0 Å². The van der Waals surface area contributed by atoms with Gasteiger partial charge in [0.1, 0.15) is 11.8 Å². The molecule has 0 saturated heterocycles. The monoisotopic (exact) mass is 428 g/mol. The Morgan fingerprint density at radius 3 is 2.42 bits per heavy atom. The van der Waals surface area contributed by atoms with Crippen molar-refractivity contribution in [1.82, 2.24) is 4.90 Å². The highest BCUT2D eigenvalue weighted by atomic mass is 16.5. The zero-order valence-corrected chi connectivity index (χ0v) is 19.6. The second-order valence-electron chi connectivity index (χ2n) is 9.24. The largest absolute Gasteiger partial charge is 0.493 e. The Labute approximate surface area is 186 Å². The average Bonchev–Trinajstić information content (AvgIpc) is 2.90. The Bertz CT molecular complexity index is 873. The SMILES string of the molecule is COc1cc2c(cc1OC)CCN1C[C@@H](CC(C)C)C(OC(=O)[C@@H](N)C(C)C)=CC1=C2. The van der Waals surface area contributed by atoms with Crippen LogP contribution < -0.4 is 15.2 Å². The van der Waals surface area contributed by atoms with Crippen molar-refractivity contribution in [2.45, 2.75) is 46.6 Å². The topological polar surface area (TPSA) is 74.0 Å². The molecule has 0 saturated carbocycles. The number of nitrogens with two attached hydrogens (primary N) is 1. The smallest absolute Gasteiger partial charge is 0.328 e. The third-order valence-electron chi connectivity index (χ3n) is 6.06. The number of rotatable bonds is 7. The van der Waals surface area contributed by atoms with Gasteiger partial charge in [0, 0.05) is 30.8 Å². The summed E-state index contributed by atoms with van der Waals surface area (Å²) in [5.74, 6) is 2.50. The van der Waals surface area contributed by atoms with Crippen molar-refractivity contribution < 1.29 is 19.0 Å². The molecule has 2 N–H and O–H groups in total. The standard InChI is InChI=1S/C25H36N2O4/c1-15(2)9-19-14-27-8-7-17-11-22(29-5)23(30-6)12-18(17)10-20(27)13-21(19)31-25(28)24(26)16(3)4/h10-13,15-16,19,24H,7-9,14,26H2,1-6H3/t19-,24+/m1/s1. The first-order valence-electron chi connectivity index (χ1n) is 11.1. The lowest BCUT2D eigenvalue weighted by Gasteiger charge is -2.36. The van der Waals surface area contributed by atoms with Crippen LogP contribution in [0.2, 0.25) is 0 Å². The Morgan fingerprint density at radius 2 is 1.81 bits per heavy atom. The highest BCUT2D eigenvalue weighted by molar-refractivity contribution is 5.77. The highest BCUT2D eigenvalue weighted by Gasteiger charge is 2.31. The fourth-order valence-corrected chi connectivity index (χ4v) is 4.20. The van der Waals surface area contributed by atoms with Crippen LogP contribution in [0.4, 0.5) is 0 Å². The molecule has 3 rings (SSSR count). The molecule has 0 bridgehead atoms. The van der Waals surface area contributed by atoms with Gasteiger partial charge in [-0.15, -0.1) is 0 Å². The van der Waals surface area contributed by atoms with Gasteiger partial charge in [0.15, 0.2) is 11.5 Å². The van der Waals surface area contributed by atoms with Crippen LogP contribution in [-0.2, 0) is 16.0 Å². The molecule has 6 heteroatoms. The maximum atomic E-state index is 12.6. The lowest BCUT2D eigenvalue weighted by Crippen LogP contribution is -2.40. The Kier molecular flexibility index (Phi) is 7.31. The third-order valence-corrected chi connectivity index (χ3v) is 6.06. The second-order valence-corrected chi connectivity index (χ2v) is 9.24. The van der Waals surface area contributed by atoms with Gasteiger partial charge >= 0.3 is 5.97 Å². The van der Waals surface area contributed by atoms with E-state index >= 15 is 0 Å². The molecule has 1 aromatic rings. The number of ether oxygens (including phenoxy) is 3. The molecular weight excluding hydrogens is 392 g/mol. The van der Waals surface area contributed by atoms with Crippen LogP contribution in [0, 0.1) is 17.8 Å². The summed E-state index contributed by atoms with van der Waals surface area (Å²) in [6.45, 7) is 9.97. The molecule has 2 heterocycles. The number of nitrogens with zero attached hydrogens (tertiary/aromatic N) is 1. The van der Waals surface area contributed by atoms with E-state index in [1.165, 1.54) is 5.56 Å². The summed E-state index contributed by atoms with van der Waals surface area (Å²) in [5.41, 5.74) is 9.41. The van der Waals surface area contributed by atoms with Crippen molar-refractivity contribution in [3.05, 3.63) is 40.8 Å². The van der Waals surface area contributed by atoms with Gasteiger partial charge in [-0.3, -0.25) is 0 Å². The first-order valence-corrected chi connectivity index (χ1v) is 11.1. The predicted octanol–water partition coefficient (Wildman–Crippen LogP) is 3.99. The van der Waals surface area contributed by atoms with Gasteiger partial charge < -0.3 is 24.8 Å². The number of carbonyl (C=O) groups excluding carboxylic acids is 1. The van der Waals surface area contributed by atoms with Crippen molar-refractivity contribution in [1.29, 1.82) is 0 Å². The van der Waals surface area contributed by atoms with E-state index in [4.69, 9.17) is 19.9 Å². The van der Waals surface area contributed by atoms with E-state index in [0.717, 1.165) is 48.7 Å². The lowest BCUT2D eigenvalue weighted by atomic mass is 9.91. The van der Waals surface area contributed by atoms with Gasteiger partial charge in [-0.25, -0.2) is 4.79 Å². The molecule has 2 aliphatic rings. The molecular formula is C25H36N2O4. The van der Waals surface area contributed by atoms with Gasteiger partial charge in [0.25, 0.3) is 0 Å². The zero-order valence-electron chi connectivity index (χ0n) is 19.6. The van der Waals surface area contributed by atoms with Crippen LogP contribution in [0.1, 0.15) is 45.2 Å². The number of benzene rings is 1. The fraction of sp³-hybridized carbons (Fsp3) is 0.560. The highest BCUT2D eigenvalue weighted by Crippen LogP contribution is 2.37. The van der Waals surface area contributed by atoms with Crippen LogP contribution in [0.5, 0.6) is 11.5 Å². The minimum absolute atomic E-state index is 0.0307. The average molecular weight is 429 g/mol. The first-order chi connectivity index (χ1) is 14.7. The summed E-state index contributed by atoms with van der Waals surface area (Å²) >= 11 is 0. The van der Waals surface area contributed by atoms with E-state index in [1.54, 1.807) is 14.2 Å². The Morgan fingerprint density at radius 1 is 1.13 bits per heavy atom. The molecule has 2 atom stereocenters. The lowest BCUT2D eigenvalue weighted by molar-refractivity contribution is -0.143. The Hall–Kier alpha value is -2.47. The number of fused-ring (bicyclic) bond motifs is 2. The van der Waals surface area contributed by atoms with E-state index in [-0.39, 0.29) is 17.8 Å². The molecule has 0 amide bonds. The van der Waals surface area contributed by atoms with Crippen molar-refractivity contribution in [2.75, 3.05) is 27.3 Å². The van der Waals surface area contributed by atoms with Gasteiger partial charge in [0.2, 0.25) is 0 Å². The number of hydrogen-bond acceptors (Lipinski definition) is 6. The normalized spacial score (nSPS) is 19.1. The van der Waals surface area contributed by atoms with Crippen LogP contribution in [0.15, 0.2) is 29.7 Å². The minimum Gasteiger partial charge on any atom is -0.493 e. The summed E-state index contributed by atoms with van der Waals surface area (Å²) in [7, 11) is 3.30. The molecule has 1 aromatic carbocycles. The van der Waals surface area contributed by atoms with E-state index in [0.29, 0.717) is 11.7 Å². The molecule has 0 spiro atoms. The van der Waals surface area contributed by atoms with Crippen molar-refractivity contribution in [2.24, 2.45) is 23.5 Å². The fourth-order valence-electron chi connectivity index (χ4n) is 4.20. The van der Waals surface area contributed by atoms with Gasteiger partial charge in [-0.05, 0) is 54.0 Å². The van der Waals surface area contributed by atoms with E-state index in [9.17, 15) is 4.79 Å². The molecule has 0 unspecified atom stereocenters. The molecule has 31 heavy (non-hydrogen) atoms. The summed E-state index contributed by atoms with van der Waals surface area (Å²) in [6, 6.07) is 3.44. The zero-order chi connectivity index (χ0) is 22.7. The number of methoxy groups -OCH3 is 2. The van der Waals surface area contributed by atoms with E-state index < -0.39 is 6.04 Å². The van der Waals surface area contributed by atoms with E-state index in [2.05, 4.69) is 30.9 Å². The number of esters is 1. The Balaban J connectivity index is 1.98. The second kappa shape index (κ2) is 9.77. The van der Waals surface area contributed by atoms with E-state index in [1.807, 2.05) is 26.0 Å². The predicted molar refractivity (Wildman–Crippen MR) is 123 cm³/mol. The minimum atomic E-state index is -0.626. The van der Waals surface area contributed by atoms with Gasteiger partial charge in [-0.2, -0.15) is 0 Å². The third kappa shape index (κ3) is 5.24. The number of hydrogen-bond donors (Lipinski definition) is 1. The summed E-state index contributed by atoms with van der Waals surface area (Å²) in [6.07, 6.45) is 6.03. The number of carbonyl (C=O) groups is 1. The maximum absolute atomic E-state index is 12.6. The van der Waals surface area contributed by atoms with Crippen LogP contribution >= 0.6 is 0 Å². The summed E-state index contributed by atoms with van der Waals surface area (Å²) in [5, 5.41) is 0. The molecule has 2 aliphatic heterocycles.